The summed E-state index contributed by atoms with van der Waals surface area (Å²) >= 11 is 0. The van der Waals surface area contributed by atoms with Gasteiger partial charge in [-0.2, -0.15) is 0 Å². The first-order chi connectivity index (χ1) is 10.1. The zero-order valence-corrected chi connectivity index (χ0v) is 11.8. The van der Waals surface area contributed by atoms with E-state index in [9.17, 15) is 14.7 Å². The van der Waals surface area contributed by atoms with Gasteiger partial charge in [-0.1, -0.05) is 11.6 Å². The standard InChI is InChI=1S/C14H18N2O5/c1-20-7-9-5-11(15-21-9)13(17)16-6-8-3-2-4-10(8)12(16)14(18)19/h5,8,10,12H,2-4,6-7H2,1H3,(H,18,19). The predicted octanol–water partition coefficient (Wildman–Crippen LogP) is 1.15. The average Bonchev–Trinajstić information content (AvgIpc) is 3.11. The Kier molecular flexibility index (Phi) is 3.67. The fourth-order valence-corrected chi connectivity index (χ4v) is 3.60. The van der Waals surface area contributed by atoms with Crippen LogP contribution in [0.15, 0.2) is 10.6 Å². The van der Waals surface area contributed by atoms with Gasteiger partial charge < -0.3 is 19.3 Å². The maximum absolute atomic E-state index is 12.5. The zero-order chi connectivity index (χ0) is 15.0. The summed E-state index contributed by atoms with van der Waals surface area (Å²) in [5, 5.41) is 13.2. The van der Waals surface area contributed by atoms with Crippen molar-refractivity contribution in [3.63, 3.8) is 0 Å². The van der Waals surface area contributed by atoms with Gasteiger partial charge >= 0.3 is 5.97 Å². The molecule has 1 amide bonds. The summed E-state index contributed by atoms with van der Waals surface area (Å²) in [6, 6.07) is 0.770. The van der Waals surface area contributed by atoms with E-state index in [2.05, 4.69) is 5.16 Å². The molecule has 0 bridgehead atoms. The van der Waals surface area contributed by atoms with Crippen LogP contribution in [0.5, 0.6) is 0 Å². The van der Waals surface area contributed by atoms with Crippen LogP contribution >= 0.6 is 0 Å². The number of carbonyl (C=O) groups excluding carboxylic acids is 1. The molecule has 7 nitrogen and oxygen atoms in total. The van der Waals surface area contributed by atoms with Crippen molar-refractivity contribution in [2.24, 2.45) is 11.8 Å². The molecule has 3 atom stereocenters. The Hall–Kier alpha value is -1.89. The highest BCUT2D eigenvalue weighted by Crippen LogP contribution is 2.42. The minimum atomic E-state index is -0.932. The molecule has 1 aliphatic carbocycles. The molecule has 3 unspecified atom stereocenters. The summed E-state index contributed by atoms with van der Waals surface area (Å²) in [5.74, 6) is -0.495. The lowest BCUT2D eigenvalue weighted by atomic mass is 9.94. The van der Waals surface area contributed by atoms with Gasteiger partial charge in [0.05, 0.1) is 0 Å². The third-order valence-corrected chi connectivity index (χ3v) is 4.47. The van der Waals surface area contributed by atoms with Crippen molar-refractivity contribution in [3.8, 4) is 0 Å². The van der Waals surface area contributed by atoms with E-state index in [0.717, 1.165) is 19.3 Å². The molecule has 0 aromatic carbocycles. The summed E-state index contributed by atoms with van der Waals surface area (Å²) in [6.45, 7) is 0.723. The van der Waals surface area contributed by atoms with Gasteiger partial charge in [0.1, 0.15) is 12.6 Å². The normalized spacial score (nSPS) is 27.9. The fraction of sp³-hybridized carbons (Fsp3) is 0.643. The van der Waals surface area contributed by atoms with Gasteiger partial charge in [0.25, 0.3) is 5.91 Å². The number of aromatic nitrogens is 1. The molecule has 0 radical (unpaired) electrons. The van der Waals surface area contributed by atoms with Crippen LogP contribution in [-0.2, 0) is 16.1 Å². The molecule has 1 saturated carbocycles. The lowest BCUT2D eigenvalue weighted by Gasteiger charge is -2.23. The average molecular weight is 294 g/mol. The lowest BCUT2D eigenvalue weighted by Crippen LogP contribution is -2.43. The number of rotatable bonds is 4. The van der Waals surface area contributed by atoms with E-state index >= 15 is 0 Å². The Morgan fingerprint density at radius 3 is 3.05 bits per heavy atom. The van der Waals surface area contributed by atoms with Crippen molar-refractivity contribution in [2.45, 2.75) is 31.9 Å². The maximum atomic E-state index is 12.5. The van der Waals surface area contributed by atoms with Crippen molar-refractivity contribution in [2.75, 3.05) is 13.7 Å². The highest BCUT2D eigenvalue weighted by molar-refractivity contribution is 5.95. The van der Waals surface area contributed by atoms with Crippen LogP contribution in [0.3, 0.4) is 0 Å². The van der Waals surface area contributed by atoms with Crippen LogP contribution in [0.4, 0.5) is 0 Å². The quantitative estimate of drug-likeness (QED) is 0.895. The minimum Gasteiger partial charge on any atom is -0.480 e. The number of carbonyl (C=O) groups is 2. The van der Waals surface area contributed by atoms with Gasteiger partial charge in [-0.25, -0.2) is 4.79 Å². The van der Waals surface area contributed by atoms with Crippen LogP contribution < -0.4 is 0 Å². The van der Waals surface area contributed by atoms with E-state index < -0.39 is 12.0 Å². The monoisotopic (exact) mass is 294 g/mol. The smallest absolute Gasteiger partial charge is 0.326 e. The molecule has 2 aliphatic rings. The number of carboxylic acid groups (broad SMARTS) is 1. The second kappa shape index (κ2) is 5.48. The molecular weight excluding hydrogens is 276 g/mol. The molecule has 0 spiro atoms. The third kappa shape index (κ3) is 2.42. The number of fused-ring (bicyclic) bond motifs is 1. The molecule has 1 N–H and O–H groups in total. The second-order valence-corrected chi connectivity index (χ2v) is 5.71. The Morgan fingerprint density at radius 2 is 2.33 bits per heavy atom. The Balaban J connectivity index is 1.81. The van der Waals surface area contributed by atoms with Gasteiger partial charge in [-0.05, 0) is 24.7 Å². The van der Waals surface area contributed by atoms with Crippen molar-refractivity contribution in [1.29, 1.82) is 0 Å². The molecule has 3 rings (SSSR count). The number of hydrogen-bond acceptors (Lipinski definition) is 5. The molecule has 114 valence electrons. The van der Waals surface area contributed by atoms with Gasteiger partial charge in [0.15, 0.2) is 11.5 Å². The molecular formula is C14H18N2O5. The van der Waals surface area contributed by atoms with Crippen LogP contribution in [-0.4, -0.2) is 46.7 Å². The highest BCUT2D eigenvalue weighted by atomic mass is 16.5. The lowest BCUT2D eigenvalue weighted by molar-refractivity contribution is -0.142. The number of carboxylic acids is 1. The molecule has 21 heavy (non-hydrogen) atoms. The summed E-state index contributed by atoms with van der Waals surface area (Å²) in [7, 11) is 1.52. The fourth-order valence-electron chi connectivity index (χ4n) is 3.60. The topological polar surface area (TPSA) is 92.9 Å². The number of amides is 1. The van der Waals surface area contributed by atoms with E-state index in [-0.39, 0.29) is 24.1 Å². The van der Waals surface area contributed by atoms with Gasteiger partial charge in [0.2, 0.25) is 0 Å². The van der Waals surface area contributed by atoms with Crippen molar-refractivity contribution < 1.29 is 24.0 Å². The molecule has 7 heteroatoms. The Morgan fingerprint density at radius 1 is 1.52 bits per heavy atom. The maximum Gasteiger partial charge on any atom is 0.326 e. The number of likely N-dealkylation sites (tertiary alicyclic amines) is 1. The molecule has 1 aliphatic heterocycles. The number of aliphatic carboxylic acids is 1. The molecule has 1 saturated heterocycles. The van der Waals surface area contributed by atoms with Crippen LogP contribution in [0.1, 0.15) is 35.5 Å². The first-order valence-corrected chi connectivity index (χ1v) is 7.10. The van der Waals surface area contributed by atoms with Crippen LogP contribution in [0.25, 0.3) is 0 Å². The first kappa shape index (κ1) is 14.1. The van der Waals surface area contributed by atoms with Crippen molar-refractivity contribution in [1.82, 2.24) is 10.1 Å². The number of ether oxygens (including phenoxy) is 1. The summed E-state index contributed by atoms with van der Waals surface area (Å²) in [6.07, 6.45) is 2.91. The van der Waals surface area contributed by atoms with E-state index in [1.54, 1.807) is 0 Å². The number of nitrogens with zero attached hydrogens (tertiary/aromatic N) is 2. The third-order valence-electron chi connectivity index (χ3n) is 4.47. The summed E-state index contributed by atoms with van der Waals surface area (Å²) < 4.78 is 9.92. The van der Waals surface area contributed by atoms with Crippen molar-refractivity contribution in [3.05, 3.63) is 17.5 Å². The second-order valence-electron chi connectivity index (χ2n) is 5.71. The Labute approximate surface area is 121 Å². The highest BCUT2D eigenvalue weighted by Gasteiger charge is 2.50. The number of methoxy groups -OCH3 is 1. The largest absolute Gasteiger partial charge is 0.480 e. The predicted molar refractivity (Wildman–Crippen MR) is 70.5 cm³/mol. The molecule has 1 aromatic heterocycles. The summed E-state index contributed by atoms with van der Waals surface area (Å²) in [5.41, 5.74) is 0.147. The molecule has 1 aromatic rings. The van der Waals surface area contributed by atoms with Crippen molar-refractivity contribution >= 4 is 11.9 Å². The minimum absolute atomic E-state index is 0.0665. The van der Waals surface area contributed by atoms with E-state index in [1.807, 2.05) is 0 Å². The van der Waals surface area contributed by atoms with Gasteiger partial charge in [0, 0.05) is 19.7 Å². The summed E-state index contributed by atoms with van der Waals surface area (Å²) in [4.78, 5) is 25.5. The SMILES string of the molecule is COCc1cc(C(=O)N2CC3CCCC3C2C(=O)O)no1. The van der Waals surface area contributed by atoms with Gasteiger partial charge in [-0.3, -0.25) is 4.79 Å². The van der Waals surface area contributed by atoms with E-state index in [0.29, 0.717) is 18.2 Å². The first-order valence-electron chi connectivity index (χ1n) is 7.10. The zero-order valence-electron chi connectivity index (χ0n) is 11.8. The van der Waals surface area contributed by atoms with E-state index in [1.165, 1.54) is 18.1 Å². The molecule has 2 heterocycles. The Bertz CT molecular complexity index is 555. The van der Waals surface area contributed by atoms with Crippen LogP contribution in [0, 0.1) is 11.8 Å². The van der Waals surface area contributed by atoms with E-state index in [4.69, 9.17) is 9.26 Å². The van der Waals surface area contributed by atoms with Gasteiger partial charge in [-0.15, -0.1) is 0 Å². The number of hydrogen-bond donors (Lipinski definition) is 1. The van der Waals surface area contributed by atoms with Crippen LogP contribution in [0.2, 0.25) is 0 Å². The molecule has 2 fully saturated rings.